The first-order valence-electron chi connectivity index (χ1n) is 5.00. The summed E-state index contributed by atoms with van der Waals surface area (Å²) in [5.74, 6) is -1.44. The van der Waals surface area contributed by atoms with Gasteiger partial charge in [-0.25, -0.2) is 4.79 Å². The summed E-state index contributed by atoms with van der Waals surface area (Å²) < 4.78 is 0. The van der Waals surface area contributed by atoms with Gasteiger partial charge in [-0.15, -0.1) is 0 Å². The van der Waals surface area contributed by atoms with Gasteiger partial charge < -0.3 is 15.3 Å². The van der Waals surface area contributed by atoms with E-state index in [0.29, 0.717) is 10.6 Å². The standard InChI is InChI=1S/C11H11Cl2NO4/c12-7-3-6(10(16)8(13)4-7)5-14-2-1-9(15)11(17)18/h3-5,9,15-16H,1-2H2,(H,17,18). The predicted octanol–water partition coefficient (Wildman–Crippen LogP) is 1.95. The molecule has 0 bridgehead atoms. The molecular formula is C11H11Cl2NO4. The average Bonchev–Trinajstić information content (AvgIpc) is 2.29. The molecule has 0 saturated carbocycles. The molecule has 1 rings (SSSR count). The van der Waals surface area contributed by atoms with E-state index in [4.69, 9.17) is 33.4 Å². The van der Waals surface area contributed by atoms with Gasteiger partial charge in [0.05, 0.1) is 5.02 Å². The van der Waals surface area contributed by atoms with E-state index in [9.17, 15) is 9.90 Å². The maximum absolute atomic E-state index is 10.3. The van der Waals surface area contributed by atoms with Crippen LogP contribution in [-0.2, 0) is 4.79 Å². The van der Waals surface area contributed by atoms with Crippen molar-refractivity contribution < 1.29 is 20.1 Å². The number of nitrogens with zero attached hydrogens (tertiary/aromatic N) is 1. The van der Waals surface area contributed by atoms with Gasteiger partial charge in [0.15, 0.2) is 6.10 Å². The molecule has 3 N–H and O–H groups in total. The van der Waals surface area contributed by atoms with Gasteiger partial charge in [-0.1, -0.05) is 23.2 Å². The highest BCUT2D eigenvalue weighted by molar-refractivity contribution is 6.36. The molecule has 0 heterocycles. The highest BCUT2D eigenvalue weighted by Crippen LogP contribution is 2.29. The molecule has 0 aromatic heterocycles. The summed E-state index contributed by atoms with van der Waals surface area (Å²) in [4.78, 5) is 14.2. The van der Waals surface area contributed by atoms with Crippen molar-refractivity contribution in [3.8, 4) is 5.75 Å². The van der Waals surface area contributed by atoms with Gasteiger partial charge in [-0.2, -0.15) is 0 Å². The molecule has 0 radical (unpaired) electrons. The molecule has 1 unspecified atom stereocenters. The fraction of sp³-hybridized carbons (Fsp3) is 0.273. The highest BCUT2D eigenvalue weighted by Gasteiger charge is 2.11. The Morgan fingerprint density at radius 1 is 1.44 bits per heavy atom. The van der Waals surface area contributed by atoms with Crippen LogP contribution in [0.1, 0.15) is 12.0 Å². The van der Waals surface area contributed by atoms with Crippen LogP contribution in [0.25, 0.3) is 0 Å². The van der Waals surface area contributed by atoms with Crippen LogP contribution in [0, 0.1) is 0 Å². The van der Waals surface area contributed by atoms with Crippen molar-refractivity contribution >= 4 is 35.4 Å². The van der Waals surface area contributed by atoms with Gasteiger partial charge in [0.2, 0.25) is 0 Å². The maximum Gasteiger partial charge on any atom is 0.332 e. The number of phenolic OH excluding ortho intramolecular Hbond substituents is 1. The molecule has 7 heteroatoms. The zero-order chi connectivity index (χ0) is 13.7. The molecule has 1 aromatic carbocycles. The highest BCUT2D eigenvalue weighted by atomic mass is 35.5. The molecule has 0 aliphatic rings. The number of halogens is 2. The van der Waals surface area contributed by atoms with Crippen molar-refractivity contribution in [2.45, 2.75) is 12.5 Å². The molecule has 1 aromatic rings. The van der Waals surface area contributed by atoms with Crippen LogP contribution in [0.15, 0.2) is 17.1 Å². The van der Waals surface area contributed by atoms with Gasteiger partial charge in [0.25, 0.3) is 0 Å². The summed E-state index contributed by atoms with van der Waals surface area (Å²) in [6, 6.07) is 2.86. The molecule has 18 heavy (non-hydrogen) atoms. The van der Waals surface area contributed by atoms with Gasteiger partial charge in [0.1, 0.15) is 5.75 Å². The number of hydrogen-bond donors (Lipinski definition) is 3. The molecule has 0 aliphatic heterocycles. The second-order valence-corrected chi connectivity index (χ2v) is 4.35. The first kappa shape index (κ1) is 14.8. The lowest BCUT2D eigenvalue weighted by molar-refractivity contribution is -0.146. The zero-order valence-corrected chi connectivity index (χ0v) is 10.7. The maximum atomic E-state index is 10.3. The summed E-state index contributed by atoms with van der Waals surface area (Å²) in [7, 11) is 0. The van der Waals surface area contributed by atoms with Gasteiger partial charge in [-0.05, 0) is 12.1 Å². The minimum Gasteiger partial charge on any atom is -0.506 e. The fourth-order valence-corrected chi connectivity index (χ4v) is 1.68. The second-order valence-electron chi connectivity index (χ2n) is 3.50. The van der Waals surface area contributed by atoms with Crippen LogP contribution >= 0.6 is 23.2 Å². The van der Waals surface area contributed by atoms with Gasteiger partial charge in [-0.3, -0.25) is 4.99 Å². The molecule has 1 atom stereocenters. The Morgan fingerprint density at radius 2 is 2.11 bits per heavy atom. The average molecular weight is 292 g/mol. The molecule has 0 aliphatic carbocycles. The van der Waals surface area contributed by atoms with Crippen LogP contribution in [0.3, 0.4) is 0 Å². The zero-order valence-electron chi connectivity index (χ0n) is 9.18. The summed E-state index contributed by atoms with van der Waals surface area (Å²) in [5, 5.41) is 27.5. The number of benzene rings is 1. The number of aliphatic imine (C=N–C) groups is 1. The van der Waals surface area contributed by atoms with Crippen molar-refractivity contribution in [1.29, 1.82) is 0 Å². The lowest BCUT2D eigenvalue weighted by Crippen LogP contribution is -2.20. The van der Waals surface area contributed by atoms with Crippen molar-refractivity contribution in [1.82, 2.24) is 0 Å². The fourth-order valence-electron chi connectivity index (χ4n) is 1.17. The lowest BCUT2D eigenvalue weighted by Gasteiger charge is -2.03. The Kier molecular flexibility index (Phi) is 5.40. The first-order valence-corrected chi connectivity index (χ1v) is 5.76. The Balaban J connectivity index is 2.65. The van der Waals surface area contributed by atoms with Crippen LogP contribution < -0.4 is 0 Å². The summed E-state index contributed by atoms with van der Waals surface area (Å²) >= 11 is 11.5. The Labute approximate surface area is 113 Å². The van der Waals surface area contributed by atoms with Crippen molar-refractivity contribution in [2.75, 3.05) is 6.54 Å². The van der Waals surface area contributed by atoms with Crippen LogP contribution in [-0.4, -0.2) is 40.2 Å². The minimum absolute atomic E-state index is 0.0130. The number of aliphatic hydroxyl groups excluding tert-OH is 1. The Hall–Kier alpha value is -1.30. The lowest BCUT2D eigenvalue weighted by atomic mass is 10.2. The first-order chi connectivity index (χ1) is 8.41. The molecular weight excluding hydrogens is 281 g/mol. The number of carboxylic acid groups (broad SMARTS) is 1. The number of carboxylic acids is 1. The van der Waals surface area contributed by atoms with E-state index in [-0.39, 0.29) is 23.7 Å². The Bertz CT molecular complexity index is 476. The normalized spacial score (nSPS) is 12.8. The van der Waals surface area contributed by atoms with E-state index in [1.807, 2.05) is 0 Å². The number of carbonyl (C=O) groups is 1. The molecule has 0 fully saturated rings. The van der Waals surface area contributed by atoms with E-state index in [0.717, 1.165) is 0 Å². The number of rotatable bonds is 5. The molecule has 5 nitrogen and oxygen atoms in total. The third kappa shape index (κ3) is 4.18. The number of phenols is 1. The number of hydrogen-bond acceptors (Lipinski definition) is 4. The molecule has 0 saturated heterocycles. The van der Waals surface area contributed by atoms with Crippen molar-refractivity contribution in [3.63, 3.8) is 0 Å². The van der Waals surface area contributed by atoms with Crippen LogP contribution in [0.5, 0.6) is 5.75 Å². The van der Waals surface area contributed by atoms with E-state index < -0.39 is 12.1 Å². The molecule has 98 valence electrons. The summed E-state index contributed by atoms with van der Waals surface area (Å²) in [6.07, 6.45) is -0.138. The van der Waals surface area contributed by atoms with Crippen molar-refractivity contribution in [2.24, 2.45) is 4.99 Å². The van der Waals surface area contributed by atoms with Crippen molar-refractivity contribution in [3.05, 3.63) is 27.7 Å². The van der Waals surface area contributed by atoms with E-state index in [1.54, 1.807) is 0 Å². The van der Waals surface area contributed by atoms with Crippen LogP contribution in [0.4, 0.5) is 0 Å². The summed E-state index contributed by atoms with van der Waals surface area (Å²) in [6.45, 7) is 0.108. The number of aromatic hydroxyl groups is 1. The third-order valence-corrected chi connectivity index (χ3v) is 2.61. The summed E-state index contributed by atoms with van der Waals surface area (Å²) in [5.41, 5.74) is 0.331. The second kappa shape index (κ2) is 6.58. The smallest absolute Gasteiger partial charge is 0.332 e. The molecule has 0 amide bonds. The van der Waals surface area contributed by atoms with Gasteiger partial charge >= 0.3 is 5.97 Å². The van der Waals surface area contributed by atoms with E-state index in [1.165, 1.54) is 18.3 Å². The molecule has 0 spiro atoms. The topological polar surface area (TPSA) is 90.1 Å². The third-order valence-electron chi connectivity index (χ3n) is 2.10. The predicted molar refractivity (Wildman–Crippen MR) is 68.8 cm³/mol. The quantitative estimate of drug-likeness (QED) is 0.723. The van der Waals surface area contributed by atoms with Crippen LogP contribution in [0.2, 0.25) is 10.0 Å². The SMILES string of the molecule is O=C(O)C(O)CCN=Cc1cc(Cl)cc(Cl)c1O. The number of aliphatic carboxylic acids is 1. The van der Waals surface area contributed by atoms with E-state index >= 15 is 0 Å². The largest absolute Gasteiger partial charge is 0.506 e. The number of aliphatic hydroxyl groups is 1. The minimum atomic E-state index is -1.45. The van der Waals surface area contributed by atoms with Gasteiger partial charge in [0, 0.05) is 29.8 Å². The monoisotopic (exact) mass is 291 g/mol. The van der Waals surface area contributed by atoms with E-state index in [2.05, 4.69) is 4.99 Å². The Morgan fingerprint density at radius 3 is 2.72 bits per heavy atom.